The van der Waals surface area contributed by atoms with Gasteiger partial charge in [-0.05, 0) is 35.4 Å². The van der Waals surface area contributed by atoms with Crippen LogP contribution in [0, 0.1) is 11.8 Å². The van der Waals surface area contributed by atoms with Crippen LogP contribution < -0.4 is 23.7 Å². The van der Waals surface area contributed by atoms with Gasteiger partial charge in [-0.1, -0.05) is 6.92 Å². The Morgan fingerprint density at radius 3 is 1.72 bits per heavy atom. The minimum Gasteiger partial charge on any atom is -0.493 e. The molecule has 3 unspecified atom stereocenters. The maximum absolute atomic E-state index is 13.8. The summed E-state index contributed by atoms with van der Waals surface area (Å²) >= 11 is 0. The first-order valence-electron chi connectivity index (χ1n) is 12.1. The predicted molar refractivity (Wildman–Crippen MR) is 139 cm³/mol. The number of hydrogen-bond donors (Lipinski definition) is 0. The average Bonchev–Trinajstić information content (AvgIpc) is 2.97. The highest BCUT2D eigenvalue weighted by atomic mass is 16.9. The second-order valence-electron chi connectivity index (χ2n) is 8.81. The SMILES string of the molecule is COc1cc2c(cc1OC)C(c1cc(OC)c(OC)c(OC)c1)C(C(=O)OCC(OC)(OC)OC)C(C)C2=O. The first-order chi connectivity index (χ1) is 18.7. The molecule has 0 radical (unpaired) electrons. The van der Waals surface area contributed by atoms with Crippen molar-refractivity contribution in [1.29, 1.82) is 0 Å². The number of ketones is 1. The summed E-state index contributed by atoms with van der Waals surface area (Å²) in [6, 6.07) is 6.83. The molecule has 11 heteroatoms. The molecule has 0 aromatic heterocycles. The number of ether oxygens (including phenoxy) is 9. The minimum atomic E-state index is -1.60. The normalized spacial score (nSPS) is 18.7. The fraction of sp³-hybridized carbons (Fsp3) is 0.500. The van der Waals surface area contributed by atoms with Crippen LogP contribution in [-0.4, -0.2) is 81.2 Å². The van der Waals surface area contributed by atoms with E-state index in [-0.39, 0.29) is 12.4 Å². The maximum atomic E-state index is 13.8. The summed E-state index contributed by atoms with van der Waals surface area (Å²) < 4.78 is 49.1. The smallest absolute Gasteiger partial charge is 0.318 e. The zero-order chi connectivity index (χ0) is 28.9. The molecule has 11 nitrogen and oxygen atoms in total. The molecule has 0 aliphatic heterocycles. The van der Waals surface area contributed by atoms with E-state index in [1.54, 1.807) is 31.2 Å². The van der Waals surface area contributed by atoms with Gasteiger partial charge in [-0.3, -0.25) is 9.59 Å². The molecular weight excluding hydrogens is 512 g/mol. The number of methoxy groups -OCH3 is 8. The largest absolute Gasteiger partial charge is 0.493 e. The van der Waals surface area contributed by atoms with Crippen molar-refractivity contribution in [2.45, 2.75) is 18.8 Å². The lowest BCUT2D eigenvalue weighted by Crippen LogP contribution is -2.45. The van der Waals surface area contributed by atoms with Gasteiger partial charge in [0.2, 0.25) is 5.75 Å². The van der Waals surface area contributed by atoms with E-state index < -0.39 is 29.7 Å². The van der Waals surface area contributed by atoms with E-state index in [0.29, 0.717) is 45.4 Å². The Kier molecular flexibility index (Phi) is 9.65. The summed E-state index contributed by atoms with van der Waals surface area (Å²) in [5.41, 5.74) is 1.60. The summed E-state index contributed by atoms with van der Waals surface area (Å²) in [4.78, 5) is 27.4. The zero-order valence-corrected chi connectivity index (χ0v) is 23.7. The summed E-state index contributed by atoms with van der Waals surface area (Å²) in [5.74, 6) is -2.91. The van der Waals surface area contributed by atoms with E-state index in [2.05, 4.69) is 0 Å². The molecule has 39 heavy (non-hydrogen) atoms. The number of carbonyl (C=O) groups is 2. The van der Waals surface area contributed by atoms with E-state index in [0.717, 1.165) is 0 Å². The van der Waals surface area contributed by atoms with Crippen LogP contribution in [0.5, 0.6) is 28.7 Å². The van der Waals surface area contributed by atoms with Gasteiger partial charge in [0.15, 0.2) is 35.4 Å². The standard InChI is InChI=1S/C28H36O11/c1-15-23(27(30)39-14-28(36-7,37-8)38-9)24(16-10-21(33-4)26(35-6)22(11-16)34-5)17-12-19(31-2)20(32-3)13-18(17)25(15)29/h10-13,15,23-24H,14H2,1-9H3. The van der Waals surface area contributed by atoms with Gasteiger partial charge in [-0.2, -0.15) is 0 Å². The van der Waals surface area contributed by atoms with Crippen molar-refractivity contribution >= 4 is 11.8 Å². The fourth-order valence-electron chi connectivity index (χ4n) is 4.95. The summed E-state index contributed by atoms with van der Waals surface area (Å²) in [5, 5.41) is 0. The molecule has 0 N–H and O–H groups in total. The van der Waals surface area contributed by atoms with Gasteiger partial charge in [-0.25, -0.2) is 0 Å². The Bertz CT molecular complexity index is 1160. The predicted octanol–water partition coefficient (Wildman–Crippen LogP) is 3.45. The molecule has 2 aromatic carbocycles. The minimum absolute atomic E-state index is 0.243. The lowest BCUT2D eigenvalue weighted by Gasteiger charge is -2.37. The lowest BCUT2D eigenvalue weighted by molar-refractivity contribution is -0.365. The van der Waals surface area contributed by atoms with Crippen molar-refractivity contribution < 1.29 is 52.2 Å². The summed E-state index contributed by atoms with van der Waals surface area (Å²) in [6.07, 6.45) is 0. The highest BCUT2D eigenvalue weighted by Gasteiger charge is 2.47. The molecule has 0 spiro atoms. The van der Waals surface area contributed by atoms with E-state index in [9.17, 15) is 9.59 Å². The number of Topliss-reactive ketones (excluding diaryl/α,β-unsaturated/α-hetero) is 1. The Balaban J connectivity index is 2.26. The van der Waals surface area contributed by atoms with E-state index in [1.807, 2.05) is 0 Å². The molecule has 1 aliphatic rings. The van der Waals surface area contributed by atoms with Gasteiger partial charge in [0.25, 0.3) is 0 Å². The highest BCUT2D eigenvalue weighted by Crippen LogP contribution is 2.50. The number of benzene rings is 2. The topological polar surface area (TPSA) is 117 Å². The molecule has 1 aliphatic carbocycles. The highest BCUT2D eigenvalue weighted by molar-refractivity contribution is 6.04. The van der Waals surface area contributed by atoms with Gasteiger partial charge in [-0.15, -0.1) is 0 Å². The molecule has 0 heterocycles. The molecule has 3 atom stereocenters. The third-order valence-electron chi connectivity index (χ3n) is 7.11. The number of rotatable bonds is 12. The van der Waals surface area contributed by atoms with E-state index in [4.69, 9.17) is 42.6 Å². The Labute approximate surface area is 228 Å². The van der Waals surface area contributed by atoms with Crippen molar-refractivity contribution in [3.8, 4) is 28.7 Å². The van der Waals surface area contributed by atoms with Crippen LogP contribution in [0.3, 0.4) is 0 Å². The molecule has 0 amide bonds. The average molecular weight is 549 g/mol. The van der Waals surface area contributed by atoms with Crippen LogP contribution in [0.2, 0.25) is 0 Å². The second-order valence-corrected chi connectivity index (χ2v) is 8.81. The molecule has 0 bridgehead atoms. The maximum Gasteiger partial charge on any atom is 0.318 e. The number of esters is 1. The first kappa shape index (κ1) is 30.0. The van der Waals surface area contributed by atoms with Crippen molar-refractivity contribution in [3.63, 3.8) is 0 Å². The van der Waals surface area contributed by atoms with Crippen molar-refractivity contribution in [2.75, 3.05) is 63.5 Å². The zero-order valence-electron chi connectivity index (χ0n) is 23.7. The molecule has 0 fully saturated rings. The van der Waals surface area contributed by atoms with Crippen molar-refractivity contribution in [1.82, 2.24) is 0 Å². The monoisotopic (exact) mass is 548 g/mol. The van der Waals surface area contributed by atoms with Crippen LogP contribution in [0.25, 0.3) is 0 Å². The summed E-state index contributed by atoms with van der Waals surface area (Å²) in [7, 11) is 11.6. The second kappa shape index (κ2) is 12.5. The van der Waals surface area contributed by atoms with Gasteiger partial charge in [0.05, 0.1) is 41.5 Å². The van der Waals surface area contributed by atoms with Gasteiger partial charge in [0.1, 0.15) is 0 Å². The van der Waals surface area contributed by atoms with Crippen molar-refractivity contribution in [3.05, 3.63) is 41.0 Å². The van der Waals surface area contributed by atoms with Crippen LogP contribution in [0.1, 0.15) is 34.3 Å². The Morgan fingerprint density at radius 2 is 1.26 bits per heavy atom. The van der Waals surface area contributed by atoms with E-state index >= 15 is 0 Å². The van der Waals surface area contributed by atoms with Crippen LogP contribution in [-0.2, 0) is 23.7 Å². The quantitative estimate of drug-likeness (QED) is 0.287. The van der Waals surface area contributed by atoms with Crippen LogP contribution in [0.4, 0.5) is 0 Å². The number of fused-ring (bicyclic) bond motifs is 1. The van der Waals surface area contributed by atoms with Crippen LogP contribution >= 0.6 is 0 Å². The molecule has 0 saturated carbocycles. The van der Waals surface area contributed by atoms with Gasteiger partial charge in [0, 0.05) is 38.7 Å². The Morgan fingerprint density at radius 1 is 0.744 bits per heavy atom. The van der Waals surface area contributed by atoms with E-state index in [1.165, 1.54) is 56.9 Å². The number of carbonyl (C=O) groups excluding carboxylic acids is 2. The molecule has 0 saturated heterocycles. The first-order valence-corrected chi connectivity index (χ1v) is 12.1. The molecule has 2 aromatic rings. The third-order valence-corrected chi connectivity index (χ3v) is 7.11. The Hall–Kier alpha value is -3.54. The molecule has 3 rings (SSSR count). The summed E-state index contributed by atoms with van der Waals surface area (Å²) in [6.45, 7) is 1.32. The third kappa shape index (κ3) is 5.47. The molecule has 214 valence electrons. The fourth-order valence-corrected chi connectivity index (χ4v) is 4.95. The lowest BCUT2D eigenvalue weighted by atomic mass is 9.66. The van der Waals surface area contributed by atoms with Crippen molar-refractivity contribution in [2.24, 2.45) is 11.8 Å². The molecular formula is C28H36O11. The van der Waals surface area contributed by atoms with Crippen LogP contribution in [0.15, 0.2) is 24.3 Å². The van der Waals surface area contributed by atoms with Gasteiger partial charge < -0.3 is 42.6 Å². The van der Waals surface area contributed by atoms with Gasteiger partial charge >= 0.3 is 11.9 Å². The number of hydrogen-bond acceptors (Lipinski definition) is 11.